The van der Waals surface area contributed by atoms with Crippen LogP contribution in [0.5, 0.6) is 0 Å². The number of hydrogen-bond acceptors (Lipinski definition) is 2. The van der Waals surface area contributed by atoms with Crippen LogP contribution in [0.1, 0.15) is 0 Å². The smallest absolute Gasteiger partial charge is 0.186 e. The standard InChI is InChI=1S/C68H42F4N4/c69-64-63(45-29-31-50(32-30-45)73(51-33-27-43-15-7-9-17-46(43)39-51)53-35-37-61-57(41-53)55-23-11-13-25-59(55)75(61)48-19-3-1-4-20-48)65(70)67(72)68(66(64)71)74(52-34-28-44-16-8-10-18-47(44)40-52)54-36-38-62-58(42-54)56-24-12-14-26-60(56)76(62)49-21-5-2-6-22-49/h1-42H. The van der Waals surface area contributed by atoms with Crippen LogP contribution in [0.15, 0.2) is 255 Å². The third-order valence-electron chi connectivity index (χ3n) is 14.7. The molecule has 0 atom stereocenters. The first-order chi connectivity index (χ1) is 37.4. The largest absolute Gasteiger partial charge is 0.310 e. The Hall–Kier alpha value is -9.92. The second kappa shape index (κ2) is 17.9. The van der Waals surface area contributed by atoms with Gasteiger partial charge in [0, 0.05) is 61.4 Å². The summed E-state index contributed by atoms with van der Waals surface area (Å²) in [6.45, 7) is 0. The summed E-state index contributed by atoms with van der Waals surface area (Å²) in [5, 5.41) is 7.55. The highest BCUT2D eigenvalue weighted by Crippen LogP contribution is 2.47. The van der Waals surface area contributed by atoms with Gasteiger partial charge in [0.1, 0.15) is 5.69 Å². The van der Waals surface area contributed by atoms with E-state index in [1.165, 1.54) is 17.0 Å². The molecule has 0 unspecified atom stereocenters. The van der Waals surface area contributed by atoms with Gasteiger partial charge in [0.2, 0.25) is 0 Å². The first kappa shape index (κ1) is 44.8. The zero-order valence-corrected chi connectivity index (χ0v) is 40.5. The maximum absolute atomic E-state index is 17.4. The van der Waals surface area contributed by atoms with Gasteiger partial charge in [-0.3, -0.25) is 0 Å². The quantitative estimate of drug-likeness (QED) is 0.106. The molecule has 0 aliphatic rings. The Morgan fingerprint density at radius 3 is 1.13 bits per heavy atom. The molecule has 12 aromatic carbocycles. The van der Waals surface area contributed by atoms with Crippen LogP contribution >= 0.6 is 0 Å². The Morgan fingerprint density at radius 2 is 0.632 bits per heavy atom. The van der Waals surface area contributed by atoms with Crippen molar-refractivity contribution < 1.29 is 17.6 Å². The maximum Gasteiger partial charge on any atom is 0.186 e. The molecule has 0 radical (unpaired) electrons. The monoisotopic (exact) mass is 990 g/mol. The van der Waals surface area contributed by atoms with Crippen LogP contribution in [0.2, 0.25) is 0 Å². The molecular weight excluding hydrogens is 949 g/mol. The van der Waals surface area contributed by atoms with Crippen molar-refractivity contribution in [3.05, 3.63) is 278 Å². The molecule has 14 aromatic rings. The molecule has 0 saturated carbocycles. The Bertz CT molecular complexity index is 4560. The Labute approximate surface area is 434 Å². The molecule has 2 heterocycles. The van der Waals surface area contributed by atoms with Crippen molar-refractivity contribution in [1.82, 2.24) is 9.13 Å². The van der Waals surface area contributed by atoms with Crippen molar-refractivity contribution in [2.75, 3.05) is 9.80 Å². The molecular formula is C68H42F4N4. The molecule has 0 bridgehead atoms. The molecule has 0 aliphatic carbocycles. The minimum absolute atomic E-state index is 0.0321. The third-order valence-corrected chi connectivity index (χ3v) is 14.7. The van der Waals surface area contributed by atoms with E-state index in [1.54, 1.807) is 30.3 Å². The number of rotatable bonds is 9. The molecule has 0 N–H and O–H groups in total. The van der Waals surface area contributed by atoms with Gasteiger partial charge < -0.3 is 18.9 Å². The van der Waals surface area contributed by atoms with Crippen LogP contribution in [0.25, 0.3) is 87.7 Å². The topological polar surface area (TPSA) is 16.3 Å². The minimum atomic E-state index is -1.53. The van der Waals surface area contributed by atoms with E-state index in [0.29, 0.717) is 17.1 Å². The van der Waals surface area contributed by atoms with Gasteiger partial charge in [-0.15, -0.1) is 0 Å². The van der Waals surface area contributed by atoms with Gasteiger partial charge in [-0.25, -0.2) is 17.6 Å². The molecule has 14 rings (SSSR count). The SMILES string of the molecule is Fc1c(F)c(N(c2ccc3ccccc3c2)c2ccc3c(c2)c2ccccc2n3-c2ccccc2)c(F)c(F)c1-c1ccc(N(c2ccc3ccccc3c2)c2ccc3c(c2)c2ccccc2n3-c2ccccc2)cc1. The van der Waals surface area contributed by atoms with Crippen LogP contribution in [-0.4, -0.2) is 9.13 Å². The summed E-state index contributed by atoms with van der Waals surface area (Å²) in [6.07, 6.45) is 0. The lowest BCUT2D eigenvalue weighted by molar-refractivity contribution is 0.461. The second-order valence-corrected chi connectivity index (χ2v) is 19.0. The van der Waals surface area contributed by atoms with E-state index in [-0.39, 0.29) is 5.56 Å². The zero-order chi connectivity index (χ0) is 51.0. The fourth-order valence-corrected chi connectivity index (χ4v) is 11.2. The molecule has 4 nitrogen and oxygen atoms in total. The average molecular weight is 991 g/mol. The summed E-state index contributed by atoms with van der Waals surface area (Å²) in [4.78, 5) is 3.36. The fraction of sp³-hybridized carbons (Fsp3) is 0. The number of fused-ring (bicyclic) bond motifs is 8. The van der Waals surface area contributed by atoms with E-state index in [0.717, 1.165) is 87.9 Å². The predicted molar refractivity (Wildman–Crippen MR) is 305 cm³/mol. The second-order valence-electron chi connectivity index (χ2n) is 19.0. The zero-order valence-electron chi connectivity index (χ0n) is 40.5. The molecule has 0 fully saturated rings. The normalized spacial score (nSPS) is 11.7. The lowest BCUT2D eigenvalue weighted by Gasteiger charge is -2.28. The summed E-state index contributed by atoms with van der Waals surface area (Å²) in [7, 11) is 0. The van der Waals surface area contributed by atoms with E-state index in [2.05, 4.69) is 80.8 Å². The van der Waals surface area contributed by atoms with Gasteiger partial charge in [-0.05, 0) is 136 Å². The number of para-hydroxylation sites is 4. The molecule has 0 amide bonds. The van der Waals surface area contributed by atoms with Gasteiger partial charge in [0.25, 0.3) is 0 Å². The molecule has 8 heteroatoms. The summed E-state index contributed by atoms with van der Waals surface area (Å²) in [5.74, 6) is -6.08. The highest BCUT2D eigenvalue weighted by atomic mass is 19.2. The van der Waals surface area contributed by atoms with Gasteiger partial charge in [0.15, 0.2) is 23.3 Å². The fourth-order valence-electron chi connectivity index (χ4n) is 11.2. The van der Waals surface area contributed by atoms with Gasteiger partial charge >= 0.3 is 0 Å². The van der Waals surface area contributed by atoms with E-state index in [9.17, 15) is 0 Å². The number of nitrogens with zero attached hydrogens (tertiary/aromatic N) is 4. The summed E-state index contributed by atoms with van der Waals surface area (Å²) >= 11 is 0. The highest BCUT2D eigenvalue weighted by Gasteiger charge is 2.32. The van der Waals surface area contributed by atoms with Crippen LogP contribution in [-0.2, 0) is 0 Å². The number of halogens is 4. The van der Waals surface area contributed by atoms with Crippen molar-refractivity contribution >= 4 is 99.3 Å². The summed E-state index contributed by atoms with van der Waals surface area (Å²) in [6, 6.07) is 81.8. The Balaban J connectivity index is 0.907. The molecule has 362 valence electrons. The number of anilines is 6. The Morgan fingerprint density at radius 1 is 0.263 bits per heavy atom. The number of benzene rings is 12. The number of aromatic nitrogens is 2. The molecule has 2 aromatic heterocycles. The molecule has 76 heavy (non-hydrogen) atoms. The van der Waals surface area contributed by atoms with Crippen molar-refractivity contribution in [3.8, 4) is 22.5 Å². The van der Waals surface area contributed by atoms with E-state index in [1.807, 2.05) is 146 Å². The minimum Gasteiger partial charge on any atom is -0.310 e. The van der Waals surface area contributed by atoms with Gasteiger partial charge in [-0.2, -0.15) is 0 Å². The third kappa shape index (κ3) is 7.21. The number of hydrogen-bond donors (Lipinski definition) is 0. The summed E-state index contributed by atoms with van der Waals surface area (Å²) in [5.41, 5.74) is 7.09. The summed E-state index contributed by atoms with van der Waals surface area (Å²) < 4.78 is 73.6. The van der Waals surface area contributed by atoms with E-state index < -0.39 is 34.5 Å². The highest BCUT2D eigenvalue weighted by molar-refractivity contribution is 6.12. The van der Waals surface area contributed by atoms with Gasteiger partial charge in [0.05, 0.1) is 27.6 Å². The van der Waals surface area contributed by atoms with Crippen LogP contribution < -0.4 is 9.80 Å². The molecule has 0 aliphatic heterocycles. The molecule has 0 spiro atoms. The van der Waals surface area contributed by atoms with Crippen LogP contribution in [0.3, 0.4) is 0 Å². The van der Waals surface area contributed by atoms with E-state index >= 15 is 17.6 Å². The van der Waals surface area contributed by atoms with Gasteiger partial charge in [-0.1, -0.05) is 146 Å². The van der Waals surface area contributed by atoms with Crippen molar-refractivity contribution in [2.24, 2.45) is 0 Å². The first-order valence-electron chi connectivity index (χ1n) is 25.1. The van der Waals surface area contributed by atoms with Crippen molar-refractivity contribution in [3.63, 3.8) is 0 Å². The van der Waals surface area contributed by atoms with Crippen LogP contribution in [0, 0.1) is 23.3 Å². The van der Waals surface area contributed by atoms with Crippen molar-refractivity contribution in [1.29, 1.82) is 0 Å². The maximum atomic E-state index is 17.4. The predicted octanol–water partition coefficient (Wildman–Crippen LogP) is 19.4. The van der Waals surface area contributed by atoms with Crippen LogP contribution in [0.4, 0.5) is 51.7 Å². The lowest BCUT2D eigenvalue weighted by Crippen LogP contribution is -2.16. The molecule has 0 saturated heterocycles. The first-order valence-corrected chi connectivity index (χ1v) is 25.1. The lowest BCUT2D eigenvalue weighted by atomic mass is 10.0. The Kier molecular flexibility index (Phi) is 10.6. The van der Waals surface area contributed by atoms with E-state index in [4.69, 9.17) is 0 Å². The van der Waals surface area contributed by atoms with Crippen molar-refractivity contribution in [2.45, 2.75) is 0 Å². The average Bonchev–Trinajstić information content (AvgIpc) is 4.04.